The van der Waals surface area contributed by atoms with E-state index in [2.05, 4.69) is 35.6 Å². The number of nitrogens with one attached hydrogen (secondary N) is 3. The first-order valence-corrected chi connectivity index (χ1v) is 12.6. The van der Waals surface area contributed by atoms with Crippen molar-refractivity contribution in [3.63, 3.8) is 0 Å². The van der Waals surface area contributed by atoms with Gasteiger partial charge in [-0.15, -0.1) is 0 Å². The average molecular weight is 521 g/mol. The summed E-state index contributed by atoms with van der Waals surface area (Å²) in [6.45, 7) is 2.90. The van der Waals surface area contributed by atoms with Gasteiger partial charge in [0.25, 0.3) is 0 Å². The highest BCUT2D eigenvalue weighted by Gasteiger charge is 2.16. The summed E-state index contributed by atoms with van der Waals surface area (Å²) < 4.78 is 19.5. The Morgan fingerprint density at radius 1 is 1.08 bits per heavy atom. The number of rotatable bonds is 12. The van der Waals surface area contributed by atoms with E-state index in [0.29, 0.717) is 22.6 Å². The fourth-order valence-electron chi connectivity index (χ4n) is 3.67. The molecule has 37 heavy (non-hydrogen) atoms. The first-order chi connectivity index (χ1) is 18.0. The summed E-state index contributed by atoms with van der Waals surface area (Å²) in [6, 6.07) is 10.9. The summed E-state index contributed by atoms with van der Waals surface area (Å²) in [6.07, 6.45) is 3.01. The molecule has 0 aliphatic rings. The fourth-order valence-corrected chi connectivity index (χ4v) is 4.60. The molecule has 0 atom stereocenters. The highest BCUT2D eigenvalue weighted by molar-refractivity contribution is 7.18. The molecule has 4 heterocycles. The number of para-hydroxylation sites is 2. The first-order valence-electron chi connectivity index (χ1n) is 11.8. The second-order valence-corrected chi connectivity index (χ2v) is 9.41. The third-order valence-corrected chi connectivity index (χ3v) is 6.45. The number of anilines is 1. The Bertz CT molecular complexity index is 1500. The first kappa shape index (κ1) is 24.7. The number of carbonyl (C=O) groups excluding carboxylic acids is 1. The predicted octanol–water partition coefficient (Wildman–Crippen LogP) is 3.45. The number of Topliss-reactive ketones (excluding diaryl/α,β-unsaturated/α-hetero) is 1. The number of hydrogen-bond acceptors (Lipinski definition) is 10. The van der Waals surface area contributed by atoms with E-state index in [4.69, 9.17) is 9.72 Å². The normalized spacial score (nSPS) is 11.3. The number of pyridine rings is 1. The zero-order chi connectivity index (χ0) is 25.6. The van der Waals surface area contributed by atoms with Gasteiger partial charge in [-0.2, -0.15) is 9.97 Å². The monoisotopic (exact) mass is 520 g/mol. The van der Waals surface area contributed by atoms with E-state index in [1.807, 2.05) is 24.3 Å². The number of ether oxygens (including phenoxy) is 1. The van der Waals surface area contributed by atoms with E-state index in [9.17, 15) is 9.18 Å². The van der Waals surface area contributed by atoms with Crippen molar-refractivity contribution in [3.8, 4) is 6.01 Å². The van der Waals surface area contributed by atoms with Crippen molar-refractivity contribution in [2.45, 2.75) is 26.3 Å². The van der Waals surface area contributed by atoms with Crippen molar-refractivity contribution in [1.29, 1.82) is 0 Å². The number of carbonyl (C=O) groups is 1. The van der Waals surface area contributed by atoms with E-state index in [-0.39, 0.29) is 30.6 Å². The van der Waals surface area contributed by atoms with Gasteiger partial charge in [0.1, 0.15) is 23.8 Å². The van der Waals surface area contributed by atoms with Gasteiger partial charge in [0.2, 0.25) is 0 Å². The number of ketones is 1. The molecule has 3 N–H and O–H groups in total. The van der Waals surface area contributed by atoms with Crippen LogP contribution in [0.4, 0.5) is 10.2 Å². The number of thiazole rings is 1. The summed E-state index contributed by atoms with van der Waals surface area (Å²) in [4.78, 5) is 37.5. The van der Waals surface area contributed by atoms with E-state index in [1.165, 1.54) is 36.6 Å². The molecule has 0 saturated carbocycles. The molecule has 190 valence electrons. The minimum Gasteiger partial charge on any atom is -0.455 e. The van der Waals surface area contributed by atoms with Crippen LogP contribution in [0.25, 0.3) is 21.4 Å². The van der Waals surface area contributed by atoms with Crippen LogP contribution in [0.1, 0.15) is 23.4 Å². The van der Waals surface area contributed by atoms with Crippen molar-refractivity contribution in [2.75, 3.05) is 25.0 Å². The van der Waals surface area contributed by atoms with Crippen molar-refractivity contribution < 1.29 is 13.9 Å². The fraction of sp³-hybridized carbons (Fsp3) is 0.280. The molecular formula is C25H25FN8O2S. The number of benzene rings is 1. The average Bonchev–Trinajstić information content (AvgIpc) is 3.50. The summed E-state index contributed by atoms with van der Waals surface area (Å²) in [5.74, 6) is 0.782. The molecule has 0 aliphatic carbocycles. The number of nitrogens with zero attached hydrogens (tertiary/aromatic N) is 5. The number of H-pyrrole nitrogens is 1. The van der Waals surface area contributed by atoms with Gasteiger partial charge in [-0.25, -0.2) is 14.4 Å². The van der Waals surface area contributed by atoms with E-state index in [1.54, 1.807) is 0 Å². The van der Waals surface area contributed by atoms with E-state index < -0.39 is 5.82 Å². The van der Waals surface area contributed by atoms with Gasteiger partial charge < -0.3 is 20.4 Å². The van der Waals surface area contributed by atoms with Crippen molar-refractivity contribution in [3.05, 3.63) is 64.9 Å². The molecule has 1 aromatic carbocycles. The summed E-state index contributed by atoms with van der Waals surface area (Å²) in [7, 11) is 0. The summed E-state index contributed by atoms with van der Waals surface area (Å²) in [5.41, 5.74) is 2.82. The van der Waals surface area contributed by atoms with E-state index in [0.717, 1.165) is 41.4 Å². The molecule has 0 unspecified atom stereocenters. The lowest BCUT2D eigenvalue weighted by molar-refractivity contribution is -0.119. The van der Waals surface area contributed by atoms with Gasteiger partial charge in [0.15, 0.2) is 16.4 Å². The number of halogens is 1. The predicted molar refractivity (Wildman–Crippen MR) is 139 cm³/mol. The molecule has 0 amide bonds. The molecule has 12 heteroatoms. The molecule has 10 nitrogen and oxygen atoms in total. The largest absolute Gasteiger partial charge is 0.455 e. The maximum Gasteiger partial charge on any atom is 0.320 e. The van der Waals surface area contributed by atoms with Crippen LogP contribution in [-0.4, -0.2) is 55.4 Å². The molecule has 0 bridgehead atoms. The molecular weight excluding hydrogens is 495 g/mol. The second kappa shape index (κ2) is 11.4. The summed E-state index contributed by atoms with van der Waals surface area (Å²) in [5, 5.41) is 7.39. The Morgan fingerprint density at radius 2 is 1.95 bits per heavy atom. The highest BCUT2D eigenvalue weighted by Crippen LogP contribution is 2.28. The lowest BCUT2D eigenvalue weighted by atomic mass is 10.3. The molecule has 0 radical (unpaired) electrons. The Kier molecular flexibility index (Phi) is 7.57. The van der Waals surface area contributed by atoms with Crippen molar-refractivity contribution in [2.24, 2.45) is 0 Å². The minimum atomic E-state index is -0.416. The lowest BCUT2D eigenvalue weighted by Crippen LogP contribution is -2.20. The number of fused-ring (bicyclic) bond motifs is 2. The van der Waals surface area contributed by atoms with Crippen LogP contribution >= 0.6 is 11.3 Å². The molecule has 5 rings (SSSR count). The maximum absolute atomic E-state index is 14.0. The second-order valence-electron chi connectivity index (χ2n) is 8.34. The van der Waals surface area contributed by atoms with Crippen LogP contribution in [0.5, 0.6) is 6.01 Å². The number of aromatic nitrogens is 6. The number of imidazole rings is 1. The quantitative estimate of drug-likeness (QED) is 0.212. The molecule has 0 fully saturated rings. The number of aromatic amines is 1. The van der Waals surface area contributed by atoms with Crippen LogP contribution in [0.15, 0.2) is 42.6 Å². The zero-order valence-corrected chi connectivity index (χ0v) is 20.9. The van der Waals surface area contributed by atoms with Crippen molar-refractivity contribution >= 4 is 44.3 Å². The van der Waals surface area contributed by atoms with Crippen LogP contribution in [-0.2, 0) is 24.2 Å². The molecule has 4 aromatic heterocycles. The Labute approximate surface area is 215 Å². The van der Waals surface area contributed by atoms with Gasteiger partial charge in [-0.1, -0.05) is 23.5 Å². The standard InChI is InChI=1S/C25H25FN8O2S/c1-15(35)14-36-25-33-23(29-13-19-16(26)5-4-10-28-19)22-24(34-25)37-21(32-22)9-12-27-11-8-20-30-17-6-2-3-7-18(17)31-20/h2-7,10,27H,8-9,11-14H2,1H3,(H,30,31)(H,29,33,34). The van der Waals surface area contributed by atoms with Gasteiger partial charge in [-0.05, 0) is 31.2 Å². The highest BCUT2D eigenvalue weighted by atomic mass is 32.1. The van der Waals surface area contributed by atoms with Gasteiger partial charge in [-0.3, -0.25) is 9.78 Å². The lowest BCUT2D eigenvalue weighted by Gasteiger charge is -2.08. The van der Waals surface area contributed by atoms with Gasteiger partial charge in [0.05, 0.1) is 28.3 Å². The molecule has 5 aromatic rings. The molecule has 0 saturated heterocycles. The Balaban J connectivity index is 1.23. The molecule has 0 aliphatic heterocycles. The Hall–Kier alpha value is -4.03. The topological polar surface area (TPSA) is 131 Å². The smallest absolute Gasteiger partial charge is 0.320 e. The third kappa shape index (κ3) is 6.22. The van der Waals surface area contributed by atoms with Gasteiger partial charge in [0, 0.05) is 32.1 Å². The number of hydrogen-bond donors (Lipinski definition) is 3. The van der Waals surface area contributed by atoms with Crippen LogP contribution in [0.2, 0.25) is 0 Å². The van der Waals surface area contributed by atoms with Gasteiger partial charge >= 0.3 is 6.01 Å². The van der Waals surface area contributed by atoms with Crippen molar-refractivity contribution in [1.82, 2.24) is 35.2 Å². The van der Waals surface area contributed by atoms with Crippen LogP contribution < -0.4 is 15.4 Å². The maximum atomic E-state index is 14.0. The van der Waals surface area contributed by atoms with Crippen LogP contribution in [0.3, 0.4) is 0 Å². The zero-order valence-electron chi connectivity index (χ0n) is 20.1. The van der Waals surface area contributed by atoms with E-state index >= 15 is 0 Å². The Morgan fingerprint density at radius 3 is 2.78 bits per heavy atom. The van der Waals surface area contributed by atoms with Crippen LogP contribution in [0, 0.1) is 5.82 Å². The SMILES string of the molecule is CC(=O)COc1nc(NCc2ncccc2F)c2nc(CCNCCc3nc4ccccc4[nH]3)sc2n1. The summed E-state index contributed by atoms with van der Waals surface area (Å²) >= 11 is 1.43. The third-order valence-electron chi connectivity index (χ3n) is 5.44. The molecule has 0 spiro atoms. The minimum absolute atomic E-state index is 0.0610.